The van der Waals surface area contributed by atoms with Gasteiger partial charge in [-0.05, 0) is 35.2 Å². The van der Waals surface area contributed by atoms with Gasteiger partial charge in [-0.15, -0.1) is 0 Å². The van der Waals surface area contributed by atoms with Gasteiger partial charge in [-0.25, -0.2) is 0 Å². The highest BCUT2D eigenvalue weighted by atomic mass is 14.5. The van der Waals surface area contributed by atoms with Gasteiger partial charge in [-0.2, -0.15) is 0 Å². The van der Waals surface area contributed by atoms with Crippen LogP contribution in [0.15, 0.2) is 78.9 Å². The molecule has 0 amide bonds. The molecule has 2 N–H and O–H groups in total. The van der Waals surface area contributed by atoms with E-state index in [1.807, 2.05) is 6.07 Å². The van der Waals surface area contributed by atoms with Gasteiger partial charge < -0.3 is 5.73 Å². The van der Waals surface area contributed by atoms with Crippen LogP contribution in [0.25, 0.3) is 0 Å². The van der Waals surface area contributed by atoms with E-state index in [4.69, 9.17) is 5.73 Å². The summed E-state index contributed by atoms with van der Waals surface area (Å²) in [5.41, 5.74) is 11.8. The number of nitrogens with two attached hydrogens (primary N) is 1. The van der Waals surface area contributed by atoms with Crippen molar-refractivity contribution in [1.82, 2.24) is 0 Å². The van der Waals surface area contributed by atoms with Gasteiger partial charge >= 0.3 is 0 Å². The molecular weight excluding hydrogens is 254 g/mol. The van der Waals surface area contributed by atoms with Crippen LogP contribution in [0.3, 0.4) is 0 Å². The Morgan fingerprint density at radius 2 is 1.19 bits per heavy atom. The first-order chi connectivity index (χ1) is 10.3. The summed E-state index contributed by atoms with van der Waals surface area (Å²) >= 11 is 0. The van der Waals surface area contributed by atoms with Crippen molar-refractivity contribution in [3.05, 3.63) is 101 Å². The third-order valence-electron chi connectivity index (χ3n) is 3.89. The van der Waals surface area contributed by atoms with Crippen LogP contribution in [0, 0.1) is 6.92 Å². The molecule has 0 saturated heterocycles. The number of hydrogen-bond acceptors (Lipinski definition) is 1. The Balaban J connectivity index is 2.14. The lowest BCUT2D eigenvalue weighted by atomic mass is 9.84. The minimum Gasteiger partial charge on any atom is -0.399 e. The molecule has 0 radical (unpaired) electrons. The van der Waals surface area contributed by atoms with Gasteiger partial charge in [0.1, 0.15) is 0 Å². The van der Waals surface area contributed by atoms with E-state index < -0.39 is 0 Å². The van der Waals surface area contributed by atoms with Crippen molar-refractivity contribution in [1.29, 1.82) is 0 Å². The van der Waals surface area contributed by atoms with Crippen LogP contribution in [0.4, 0.5) is 5.69 Å². The quantitative estimate of drug-likeness (QED) is 0.540. The number of aryl methyl sites for hydroxylation is 1. The fourth-order valence-electron chi connectivity index (χ4n) is 2.75. The highest BCUT2D eigenvalue weighted by molar-refractivity contribution is 5.52. The molecule has 0 atom stereocenters. The highest BCUT2D eigenvalue weighted by Crippen LogP contribution is 2.32. The van der Waals surface area contributed by atoms with Gasteiger partial charge in [-0.3, -0.25) is 0 Å². The zero-order valence-corrected chi connectivity index (χ0v) is 12.2. The molecule has 3 aromatic rings. The summed E-state index contributed by atoms with van der Waals surface area (Å²) in [6.07, 6.45) is 0. The molecule has 0 unspecified atom stereocenters. The lowest BCUT2D eigenvalue weighted by Gasteiger charge is -2.19. The average Bonchev–Trinajstić information content (AvgIpc) is 2.53. The molecule has 0 aliphatic heterocycles. The summed E-state index contributed by atoms with van der Waals surface area (Å²) in [6.45, 7) is 2.06. The topological polar surface area (TPSA) is 26.0 Å². The van der Waals surface area contributed by atoms with E-state index >= 15 is 0 Å². The molecule has 0 fully saturated rings. The van der Waals surface area contributed by atoms with Crippen LogP contribution in [0.5, 0.6) is 0 Å². The Kier molecular flexibility index (Phi) is 3.74. The maximum absolute atomic E-state index is 5.97. The maximum Gasteiger partial charge on any atom is 0.0343 e. The van der Waals surface area contributed by atoms with Gasteiger partial charge in [0.05, 0.1) is 0 Å². The number of rotatable bonds is 3. The molecule has 0 heterocycles. The second kappa shape index (κ2) is 5.84. The SMILES string of the molecule is Cc1cc(C(c2ccccc2)c2ccccc2)ccc1N. The van der Waals surface area contributed by atoms with E-state index in [0.29, 0.717) is 0 Å². The van der Waals surface area contributed by atoms with Gasteiger partial charge in [-0.1, -0.05) is 72.8 Å². The molecule has 3 rings (SSSR count). The van der Waals surface area contributed by atoms with Crippen molar-refractivity contribution in [2.45, 2.75) is 12.8 Å². The van der Waals surface area contributed by atoms with Crippen LogP contribution in [0.1, 0.15) is 28.2 Å². The molecule has 0 aliphatic carbocycles. The second-order valence-corrected chi connectivity index (χ2v) is 5.37. The first-order valence-corrected chi connectivity index (χ1v) is 7.21. The van der Waals surface area contributed by atoms with E-state index in [-0.39, 0.29) is 5.92 Å². The predicted molar refractivity (Wildman–Crippen MR) is 89.4 cm³/mol. The van der Waals surface area contributed by atoms with Crippen molar-refractivity contribution in [2.24, 2.45) is 0 Å². The largest absolute Gasteiger partial charge is 0.399 e. The zero-order valence-electron chi connectivity index (χ0n) is 12.2. The van der Waals surface area contributed by atoms with Gasteiger partial charge in [0.15, 0.2) is 0 Å². The van der Waals surface area contributed by atoms with E-state index in [1.165, 1.54) is 16.7 Å². The monoisotopic (exact) mass is 273 g/mol. The molecule has 0 aromatic heterocycles. The van der Waals surface area contributed by atoms with Crippen LogP contribution >= 0.6 is 0 Å². The van der Waals surface area contributed by atoms with Gasteiger partial charge in [0.25, 0.3) is 0 Å². The fraction of sp³-hybridized carbons (Fsp3) is 0.100. The van der Waals surface area contributed by atoms with E-state index in [1.54, 1.807) is 0 Å². The average molecular weight is 273 g/mol. The van der Waals surface area contributed by atoms with Crippen LogP contribution in [-0.2, 0) is 0 Å². The zero-order chi connectivity index (χ0) is 14.7. The van der Waals surface area contributed by atoms with Crippen molar-refractivity contribution in [3.8, 4) is 0 Å². The second-order valence-electron chi connectivity index (χ2n) is 5.37. The normalized spacial score (nSPS) is 10.8. The number of hydrogen-bond donors (Lipinski definition) is 1. The molecule has 0 bridgehead atoms. The summed E-state index contributed by atoms with van der Waals surface area (Å²) in [6, 6.07) is 27.5. The smallest absolute Gasteiger partial charge is 0.0343 e. The van der Waals surface area contributed by atoms with E-state index in [9.17, 15) is 0 Å². The molecule has 104 valence electrons. The summed E-state index contributed by atoms with van der Waals surface area (Å²) in [4.78, 5) is 0. The summed E-state index contributed by atoms with van der Waals surface area (Å²) in [5, 5.41) is 0. The van der Waals surface area contributed by atoms with Crippen molar-refractivity contribution in [2.75, 3.05) is 5.73 Å². The van der Waals surface area contributed by atoms with Gasteiger partial charge in [0, 0.05) is 11.6 Å². The molecule has 21 heavy (non-hydrogen) atoms. The molecule has 3 aromatic carbocycles. The van der Waals surface area contributed by atoms with Crippen LogP contribution in [-0.4, -0.2) is 0 Å². The number of anilines is 1. The van der Waals surface area contributed by atoms with E-state index in [0.717, 1.165) is 11.3 Å². The standard InChI is InChI=1S/C20H19N/c1-15-14-18(12-13-19(15)21)20(16-8-4-2-5-9-16)17-10-6-3-7-11-17/h2-14,20H,21H2,1H3. The Labute approximate surface area is 126 Å². The highest BCUT2D eigenvalue weighted by Gasteiger charge is 2.16. The maximum atomic E-state index is 5.97. The number of benzene rings is 3. The lowest BCUT2D eigenvalue weighted by molar-refractivity contribution is 0.975. The Morgan fingerprint density at radius 3 is 1.67 bits per heavy atom. The van der Waals surface area contributed by atoms with Crippen LogP contribution in [0.2, 0.25) is 0 Å². The van der Waals surface area contributed by atoms with Crippen LogP contribution < -0.4 is 5.73 Å². The third kappa shape index (κ3) is 2.82. The minimum atomic E-state index is 0.242. The molecule has 0 aliphatic rings. The van der Waals surface area contributed by atoms with Crippen molar-refractivity contribution >= 4 is 5.69 Å². The Bertz CT molecular complexity index is 678. The minimum absolute atomic E-state index is 0.242. The first kappa shape index (κ1) is 13.4. The number of nitrogen functional groups attached to an aromatic ring is 1. The van der Waals surface area contributed by atoms with E-state index in [2.05, 4.69) is 79.7 Å². The van der Waals surface area contributed by atoms with Crippen molar-refractivity contribution in [3.63, 3.8) is 0 Å². The molecular formula is C20H19N. The first-order valence-electron chi connectivity index (χ1n) is 7.21. The molecule has 1 nitrogen and oxygen atoms in total. The molecule has 0 spiro atoms. The molecule has 0 saturated carbocycles. The van der Waals surface area contributed by atoms with Gasteiger partial charge in [0.2, 0.25) is 0 Å². The predicted octanol–water partition coefficient (Wildman–Crippen LogP) is 4.76. The molecule has 1 heteroatoms. The Morgan fingerprint density at radius 1 is 0.667 bits per heavy atom. The summed E-state index contributed by atoms with van der Waals surface area (Å²) < 4.78 is 0. The fourth-order valence-corrected chi connectivity index (χ4v) is 2.75. The van der Waals surface area contributed by atoms with Crippen molar-refractivity contribution < 1.29 is 0 Å². The summed E-state index contributed by atoms with van der Waals surface area (Å²) in [5.74, 6) is 0.242. The summed E-state index contributed by atoms with van der Waals surface area (Å²) in [7, 11) is 0. The lowest BCUT2D eigenvalue weighted by Crippen LogP contribution is -2.04. The Hall–Kier alpha value is -2.54. The third-order valence-corrected chi connectivity index (χ3v) is 3.89.